The van der Waals surface area contributed by atoms with E-state index in [4.69, 9.17) is 14.6 Å². The highest BCUT2D eigenvalue weighted by molar-refractivity contribution is 9.10. The van der Waals surface area contributed by atoms with E-state index in [2.05, 4.69) is 83.3 Å². The number of fused-ring (bicyclic) bond motifs is 3. The zero-order chi connectivity index (χ0) is 21.5. The van der Waals surface area contributed by atoms with E-state index in [9.17, 15) is 0 Å². The number of benzene rings is 3. The molecule has 2 heterocycles. The summed E-state index contributed by atoms with van der Waals surface area (Å²) in [6, 6.07) is 23.2. The van der Waals surface area contributed by atoms with E-state index in [1.165, 1.54) is 5.56 Å². The molecule has 2 aliphatic heterocycles. The van der Waals surface area contributed by atoms with E-state index in [0.29, 0.717) is 5.92 Å². The van der Waals surface area contributed by atoms with Gasteiger partial charge in [0.2, 0.25) is 6.23 Å². The normalized spacial score (nSPS) is 19.5. The number of hydrogen-bond donors (Lipinski definition) is 0. The number of hydrogen-bond acceptors (Lipinski definition) is 4. The van der Waals surface area contributed by atoms with Crippen LogP contribution in [0.4, 0.5) is 0 Å². The van der Waals surface area contributed by atoms with Gasteiger partial charge in [-0.25, -0.2) is 5.01 Å². The molecule has 0 N–H and O–H groups in total. The Kier molecular flexibility index (Phi) is 5.22. The number of nitrogens with zero attached hydrogens (tertiary/aromatic N) is 2. The molecule has 0 radical (unpaired) electrons. The summed E-state index contributed by atoms with van der Waals surface area (Å²) in [4.78, 5) is 0. The predicted octanol–water partition coefficient (Wildman–Crippen LogP) is 6.82. The molecule has 0 amide bonds. The Morgan fingerprint density at radius 1 is 1.03 bits per heavy atom. The fourth-order valence-corrected chi connectivity index (χ4v) is 4.66. The molecule has 0 fully saturated rings. The standard InChI is InChI=1S/C26H25BrN2O2/c1-16(2)17-4-6-19(7-5-17)26-29-24(22-14-20(27)10-13-25(22)31-26)15-23(28-29)18-8-11-21(30-3)12-9-18/h4-14,16,24,26H,15H2,1-3H3/t24-,26-/m0/s1. The van der Waals surface area contributed by atoms with Crippen molar-refractivity contribution in [1.29, 1.82) is 0 Å². The maximum atomic E-state index is 6.49. The van der Waals surface area contributed by atoms with Crippen LogP contribution in [0.25, 0.3) is 0 Å². The molecule has 3 aromatic rings. The highest BCUT2D eigenvalue weighted by Gasteiger charge is 2.41. The SMILES string of the molecule is COc1ccc(C2=NN3[C@@H](C2)c2cc(Br)ccc2O[C@H]3c2ccc(C(C)C)cc2)cc1. The van der Waals surface area contributed by atoms with Crippen LogP contribution in [0.5, 0.6) is 11.5 Å². The maximum Gasteiger partial charge on any atom is 0.213 e. The summed E-state index contributed by atoms with van der Waals surface area (Å²) in [7, 11) is 1.68. The fraction of sp³-hybridized carbons (Fsp3) is 0.269. The van der Waals surface area contributed by atoms with Crippen LogP contribution in [0, 0.1) is 0 Å². The summed E-state index contributed by atoms with van der Waals surface area (Å²) in [5, 5.41) is 7.17. The molecule has 0 unspecified atom stereocenters. The zero-order valence-corrected chi connectivity index (χ0v) is 19.5. The van der Waals surface area contributed by atoms with Gasteiger partial charge in [-0.3, -0.25) is 0 Å². The zero-order valence-electron chi connectivity index (χ0n) is 17.9. The number of ether oxygens (including phenoxy) is 2. The van der Waals surface area contributed by atoms with Gasteiger partial charge in [-0.15, -0.1) is 0 Å². The maximum absolute atomic E-state index is 6.49. The van der Waals surface area contributed by atoms with Crippen LogP contribution in [0.2, 0.25) is 0 Å². The third-order valence-electron chi connectivity index (χ3n) is 6.06. The Morgan fingerprint density at radius 3 is 2.45 bits per heavy atom. The Hall–Kier alpha value is -2.79. The van der Waals surface area contributed by atoms with Gasteiger partial charge in [0.15, 0.2) is 0 Å². The molecule has 0 saturated heterocycles. The lowest BCUT2D eigenvalue weighted by atomic mass is 9.95. The molecule has 31 heavy (non-hydrogen) atoms. The van der Waals surface area contributed by atoms with E-state index in [1.54, 1.807) is 7.11 Å². The third-order valence-corrected chi connectivity index (χ3v) is 6.56. The molecular formula is C26H25BrN2O2. The van der Waals surface area contributed by atoms with E-state index >= 15 is 0 Å². The number of halogens is 1. The van der Waals surface area contributed by atoms with Gasteiger partial charge in [0.25, 0.3) is 0 Å². The third kappa shape index (κ3) is 3.72. The monoisotopic (exact) mass is 476 g/mol. The lowest BCUT2D eigenvalue weighted by Crippen LogP contribution is -2.33. The first kappa shape index (κ1) is 20.1. The number of rotatable bonds is 4. The van der Waals surface area contributed by atoms with Gasteiger partial charge in [-0.05, 0) is 59.5 Å². The molecule has 0 spiro atoms. The van der Waals surface area contributed by atoms with Crippen LogP contribution in [0.3, 0.4) is 0 Å². The topological polar surface area (TPSA) is 34.1 Å². The van der Waals surface area contributed by atoms with E-state index in [-0.39, 0.29) is 12.3 Å². The summed E-state index contributed by atoms with van der Waals surface area (Å²) < 4.78 is 12.8. The number of methoxy groups -OCH3 is 1. The molecule has 5 rings (SSSR count). The molecule has 3 aromatic carbocycles. The van der Waals surface area contributed by atoms with Gasteiger partial charge >= 0.3 is 0 Å². The first-order valence-corrected chi connectivity index (χ1v) is 11.4. The lowest BCUT2D eigenvalue weighted by molar-refractivity contribution is -0.0190. The van der Waals surface area contributed by atoms with Crippen LogP contribution >= 0.6 is 15.9 Å². The van der Waals surface area contributed by atoms with Gasteiger partial charge in [0.1, 0.15) is 11.5 Å². The van der Waals surface area contributed by atoms with Crippen molar-refractivity contribution in [2.24, 2.45) is 5.10 Å². The summed E-state index contributed by atoms with van der Waals surface area (Å²) in [5.74, 6) is 2.27. The first-order valence-electron chi connectivity index (χ1n) is 10.6. The molecule has 2 aliphatic rings. The molecule has 0 aliphatic carbocycles. The van der Waals surface area contributed by atoms with Crippen molar-refractivity contribution in [3.05, 3.63) is 93.5 Å². The molecule has 0 bridgehead atoms. The minimum atomic E-state index is -0.254. The molecular weight excluding hydrogens is 452 g/mol. The Bertz CT molecular complexity index is 1120. The van der Waals surface area contributed by atoms with Crippen molar-refractivity contribution in [2.75, 3.05) is 7.11 Å². The summed E-state index contributed by atoms with van der Waals surface area (Å²) >= 11 is 3.62. The van der Waals surface area contributed by atoms with Crippen LogP contribution in [-0.4, -0.2) is 17.8 Å². The first-order chi connectivity index (χ1) is 15.0. The van der Waals surface area contributed by atoms with Crippen molar-refractivity contribution >= 4 is 21.6 Å². The number of hydrazone groups is 1. The highest BCUT2D eigenvalue weighted by atomic mass is 79.9. The Balaban J connectivity index is 1.55. The quantitative estimate of drug-likeness (QED) is 0.413. The second kappa shape index (κ2) is 8.04. The molecule has 158 valence electrons. The molecule has 4 nitrogen and oxygen atoms in total. The average Bonchev–Trinajstić information content (AvgIpc) is 3.24. The summed E-state index contributed by atoms with van der Waals surface area (Å²) in [6.45, 7) is 4.42. The molecule has 2 atom stereocenters. The Morgan fingerprint density at radius 2 is 1.77 bits per heavy atom. The van der Waals surface area contributed by atoms with Gasteiger partial charge in [-0.2, -0.15) is 5.10 Å². The van der Waals surface area contributed by atoms with Gasteiger partial charge < -0.3 is 9.47 Å². The minimum absolute atomic E-state index is 0.133. The summed E-state index contributed by atoms with van der Waals surface area (Å²) in [5.41, 5.74) is 5.78. The van der Waals surface area contributed by atoms with Crippen LogP contribution in [0.1, 0.15) is 60.7 Å². The second-order valence-corrected chi connectivity index (χ2v) is 9.26. The Labute approximate surface area is 191 Å². The predicted molar refractivity (Wildman–Crippen MR) is 127 cm³/mol. The van der Waals surface area contributed by atoms with Gasteiger partial charge in [0, 0.05) is 22.0 Å². The van der Waals surface area contributed by atoms with E-state index in [1.807, 2.05) is 18.2 Å². The smallest absolute Gasteiger partial charge is 0.213 e. The van der Waals surface area contributed by atoms with Crippen molar-refractivity contribution in [3.63, 3.8) is 0 Å². The van der Waals surface area contributed by atoms with Crippen molar-refractivity contribution in [2.45, 2.75) is 38.5 Å². The van der Waals surface area contributed by atoms with Gasteiger partial charge in [0.05, 0.1) is 18.9 Å². The molecule has 0 aromatic heterocycles. The molecule has 5 heteroatoms. The highest BCUT2D eigenvalue weighted by Crippen LogP contribution is 2.48. The average molecular weight is 477 g/mol. The fourth-order valence-electron chi connectivity index (χ4n) is 4.28. The lowest BCUT2D eigenvalue weighted by Gasteiger charge is -2.38. The largest absolute Gasteiger partial charge is 0.497 e. The van der Waals surface area contributed by atoms with E-state index < -0.39 is 0 Å². The summed E-state index contributed by atoms with van der Waals surface area (Å²) in [6.07, 6.45) is 0.579. The van der Waals surface area contributed by atoms with Crippen LogP contribution in [-0.2, 0) is 0 Å². The second-order valence-electron chi connectivity index (χ2n) is 8.35. The van der Waals surface area contributed by atoms with Crippen LogP contribution < -0.4 is 9.47 Å². The van der Waals surface area contributed by atoms with Crippen molar-refractivity contribution in [3.8, 4) is 11.5 Å². The van der Waals surface area contributed by atoms with Crippen molar-refractivity contribution in [1.82, 2.24) is 5.01 Å². The van der Waals surface area contributed by atoms with E-state index in [0.717, 1.165) is 44.8 Å². The van der Waals surface area contributed by atoms with Crippen molar-refractivity contribution < 1.29 is 9.47 Å². The van der Waals surface area contributed by atoms with Gasteiger partial charge in [-0.1, -0.05) is 54.0 Å². The minimum Gasteiger partial charge on any atom is -0.497 e. The molecule has 0 saturated carbocycles. The van der Waals surface area contributed by atoms with Crippen LogP contribution in [0.15, 0.2) is 76.3 Å².